The van der Waals surface area contributed by atoms with Crippen molar-refractivity contribution < 1.29 is 9.53 Å². The number of ether oxygens (including phenoxy) is 1. The van der Waals surface area contributed by atoms with Crippen LogP contribution in [0.5, 0.6) is 5.88 Å². The van der Waals surface area contributed by atoms with Gasteiger partial charge < -0.3 is 14.5 Å². The normalized spacial score (nSPS) is 14.7. The molecule has 0 aliphatic carbocycles. The number of carbonyl (C=O) groups is 1. The van der Waals surface area contributed by atoms with Gasteiger partial charge in [0.2, 0.25) is 11.8 Å². The lowest BCUT2D eigenvalue weighted by Crippen LogP contribution is -2.48. The molecule has 26 heavy (non-hydrogen) atoms. The molecule has 1 aromatic carbocycles. The minimum atomic E-state index is 0.0444. The molecule has 2 aromatic rings. The molecule has 1 amide bonds. The molecular weight excluding hydrogens is 328 g/mol. The lowest BCUT2D eigenvalue weighted by molar-refractivity contribution is -0.126. The molecule has 0 spiro atoms. The average Bonchev–Trinajstić information content (AvgIpc) is 2.72. The van der Waals surface area contributed by atoms with E-state index < -0.39 is 0 Å². The van der Waals surface area contributed by atoms with Crippen molar-refractivity contribution in [3.63, 3.8) is 0 Å². The van der Waals surface area contributed by atoms with Crippen LogP contribution in [-0.2, 0) is 4.79 Å². The van der Waals surface area contributed by atoms with Crippen molar-refractivity contribution in [1.29, 1.82) is 0 Å². The van der Waals surface area contributed by atoms with Crippen LogP contribution in [0, 0.1) is 0 Å². The van der Waals surface area contributed by atoms with Crippen molar-refractivity contribution in [1.82, 2.24) is 15.1 Å². The van der Waals surface area contributed by atoms with Crippen LogP contribution < -0.4 is 9.64 Å². The first-order valence-electron chi connectivity index (χ1n) is 9.00. The quantitative estimate of drug-likeness (QED) is 0.748. The lowest BCUT2D eigenvalue weighted by atomic mass is 10.2. The maximum absolute atomic E-state index is 12.3. The number of hydrogen-bond acceptors (Lipinski definition) is 5. The van der Waals surface area contributed by atoms with Gasteiger partial charge in [0.05, 0.1) is 6.61 Å². The van der Waals surface area contributed by atoms with Crippen LogP contribution in [0.4, 0.5) is 5.82 Å². The first kappa shape index (κ1) is 17.9. The Morgan fingerprint density at radius 2 is 1.85 bits per heavy atom. The number of rotatable bonds is 6. The summed E-state index contributed by atoms with van der Waals surface area (Å²) in [4.78, 5) is 16.3. The highest BCUT2D eigenvalue weighted by atomic mass is 16.5. The van der Waals surface area contributed by atoms with Crippen LogP contribution in [0.3, 0.4) is 0 Å². The van der Waals surface area contributed by atoms with E-state index in [-0.39, 0.29) is 5.91 Å². The smallest absolute Gasteiger partial charge is 0.246 e. The van der Waals surface area contributed by atoms with E-state index in [0.717, 1.165) is 30.9 Å². The summed E-state index contributed by atoms with van der Waals surface area (Å²) in [6, 6.07) is 13.6. The van der Waals surface area contributed by atoms with E-state index in [1.165, 1.54) is 0 Å². The third kappa shape index (κ3) is 4.81. The molecule has 6 nitrogen and oxygen atoms in total. The highest BCUT2D eigenvalue weighted by molar-refractivity contribution is 5.91. The summed E-state index contributed by atoms with van der Waals surface area (Å²) in [5.41, 5.74) is 1.03. The maximum atomic E-state index is 12.3. The molecule has 1 saturated heterocycles. The monoisotopic (exact) mass is 352 g/mol. The third-order valence-corrected chi connectivity index (χ3v) is 4.21. The predicted octanol–water partition coefficient (Wildman–Crippen LogP) is 2.63. The Kier molecular flexibility index (Phi) is 6.19. The van der Waals surface area contributed by atoms with Crippen LogP contribution >= 0.6 is 0 Å². The zero-order valence-electron chi connectivity index (χ0n) is 15.0. The number of carbonyl (C=O) groups excluding carboxylic acids is 1. The van der Waals surface area contributed by atoms with Gasteiger partial charge in [-0.3, -0.25) is 4.79 Å². The number of amides is 1. The molecule has 136 valence electrons. The molecule has 1 aliphatic heterocycles. The van der Waals surface area contributed by atoms with E-state index in [1.54, 1.807) is 6.08 Å². The average molecular weight is 352 g/mol. The molecule has 1 aliphatic rings. The van der Waals surface area contributed by atoms with Gasteiger partial charge in [-0.15, -0.1) is 10.2 Å². The van der Waals surface area contributed by atoms with Gasteiger partial charge in [-0.1, -0.05) is 37.3 Å². The maximum Gasteiger partial charge on any atom is 0.246 e. The molecule has 0 saturated carbocycles. The molecule has 1 aromatic heterocycles. The van der Waals surface area contributed by atoms with Crippen molar-refractivity contribution in [3.05, 3.63) is 54.1 Å². The molecular formula is C20H24N4O2. The number of piperazine rings is 1. The van der Waals surface area contributed by atoms with Gasteiger partial charge in [0.25, 0.3) is 0 Å². The summed E-state index contributed by atoms with van der Waals surface area (Å²) in [7, 11) is 0. The van der Waals surface area contributed by atoms with Gasteiger partial charge in [0, 0.05) is 38.3 Å². The fourth-order valence-electron chi connectivity index (χ4n) is 2.76. The Hall–Kier alpha value is -2.89. The molecule has 0 N–H and O–H groups in total. The lowest BCUT2D eigenvalue weighted by Gasteiger charge is -2.34. The molecule has 0 bridgehead atoms. The van der Waals surface area contributed by atoms with Gasteiger partial charge in [-0.2, -0.15) is 0 Å². The van der Waals surface area contributed by atoms with Gasteiger partial charge in [-0.25, -0.2) is 0 Å². The van der Waals surface area contributed by atoms with E-state index in [1.807, 2.05) is 53.4 Å². The first-order chi connectivity index (χ1) is 12.8. The van der Waals surface area contributed by atoms with Gasteiger partial charge >= 0.3 is 0 Å². The van der Waals surface area contributed by atoms with Gasteiger partial charge in [0.1, 0.15) is 0 Å². The zero-order chi connectivity index (χ0) is 18.2. The molecule has 0 unspecified atom stereocenters. The first-order valence-corrected chi connectivity index (χ1v) is 9.00. The molecule has 2 heterocycles. The minimum absolute atomic E-state index is 0.0444. The second-order valence-electron chi connectivity index (χ2n) is 6.13. The highest BCUT2D eigenvalue weighted by Crippen LogP contribution is 2.15. The molecule has 6 heteroatoms. The van der Waals surface area contributed by atoms with E-state index >= 15 is 0 Å². The number of anilines is 1. The van der Waals surface area contributed by atoms with Crippen LogP contribution in [0.2, 0.25) is 0 Å². The fraction of sp³-hybridized carbons (Fsp3) is 0.350. The number of aromatic nitrogens is 2. The Balaban J connectivity index is 1.50. The zero-order valence-corrected chi connectivity index (χ0v) is 15.0. The van der Waals surface area contributed by atoms with Crippen LogP contribution in [0.1, 0.15) is 18.9 Å². The topological polar surface area (TPSA) is 58.6 Å². The van der Waals surface area contributed by atoms with E-state index in [2.05, 4.69) is 22.0 Å². The summed E-state index contributed by atoms with van der Waals surface area (Å²) in [6.07, 6.45) is 4.44. The number of benzene rings is 1. The third-order valence-electron chi connectivity index (χ3n) is 4.21. The van der Waals surface area contributed by atoms with Gasteiger partial charge in [-0.05, 0) is 24.1 Å². The van der Waals surface area contributed by atoms with E-state index in [4.69, 9.17) is 4.74 Å². The summed E-state index contributed by atoms with van der Waals surface area (Å²) in [5, 5.41) is 8.34. The SMILES string of the molecule is CCCOc1ccc(N2CCN(C(=O)/C=C/c3ccccc3)CC2)nn1. The van der Waals surface area contributed by atoms with Crippen molar-refractivity contribution in [3.8, 4) is 5.88 Å². The van der Waals surface area contributed by atoms with E-state index in [9.17, 15) is 4.79 Å². The molecule has 0 atom stereocenters. The fourth-order valence-corrected chi connectivity index (χ4v) is 2.76. The summed E-state index contributed by atoms with van der Waals surface area (Å²) in [6.45, 7) is 5.54. The van der Waals surface area contributed by atoms with Crippen LogP contribution in [-0.4, -0.2) is 53.8 Å². The largest absolute Gasteiger partial charge is 0.477 e. The van der Waals surface area contributed by atoms with Crippen LogP contribution in [0.15, 0.2) is 48.5 Å². The van der Waals surface area contributed by atoms with E-state index in [0.29, 0.717) is 25.6 Å². The van der Waals surface area contributed by atoms with Crippen molar-refractivity contribution in [2.75, 3.05) is 37.7 Å². The number of hydrogen-bond donors (Lipinski definition) is 0. The Morgan fingerprint density at radius 1 is 1.08 bits per heavy atom. The molecule has 3 rings (SSSR count). The second kappa shape index (κ2) is 8.99. The molecule has 1 fully saturated rings. The van der Waals surface area contributed by atoms with Crippen molar-refractivity contribution in [2.45, 2.75) is 13.3 Å². The summed E-state index contributed by atoms with van der Waals surface area (Å²) in [5.74, 6) is 1.42. The minimum Gasteiger partial charge on any atom is -0.477 e. The number of nitrogens with zero attached hydrogens (tertiary/aromatic N) is 4. The predicted molar refractivity (Wildman–Crippen MR) is 102 cm³/mol. The highest BCUT2D eigenvalue weighted by Gasteiger charge is 2.20. The standard InChI is InChI=1S/C20H24N4O2/c1-2-16-26-19-10-9-18(21-22-19)23-12-14-24(15-13-23)20(25)11-8-17-6-4-3-5-7-17/h3-11H,2,12-16H2,1H3/b11-8+. The van der Waals surface area contributed by atoms with Crippen LogP contribution in [0.25, 0.3) is 6.08 Å². The van der Waals surface area contributed by atoms with Gasteiger partial charge in [0.15, 0.2) is 5.82 Å². The Bertz CT molecular complexity index is 723. The summed E-state index contributed by atoms with van der Waals surface area (Å²) >= 11 is 0. The Morgan fingerprint density at radius 3 is 2.50 bits per heavy atom. The van der Waals surface area contributed by atoms with Crippen molar-refractivity contribution in [2.24, 2.45) is 0 Å². The second-order valence-corrected chi connectivity index (χ2v) is 6.13. The Labute approximate surface area is 154 Å². The molecule has 0 radical (unpaired) electrons. The van der Waals surface area contributed by atoms with Crippen molar-refractivity contribution >= 4 is 17.8 Å². The summed E-state index contributed by atoms with van der Waals surface area (Å²) < 4.78 is 5.46.